The van der Waals surface area contributed by atoms with Gasteiger partial charge in [0, 0.05) is 25.7 Å². The Morgan fingerprint density at radius 1 is 1.23 bits per heavy atom. The number of piperidine rings is 1. The second-order valence-electron chi connectivity index (χ2n) is 6.19. The van der Waals surface area contributed by atoms with Crippen LogP contribution in [0.25, 0.3) is 0 Å². The predicted molar refractivity (Wildman–Crippen MR) is 81.3 cm³/mol. The summed E-state index contributed by atoms with van der Waals surface area (Å²) in [6, 6.07) is 5.85. The summed E-state index contributed by atoms with van der Waals surface area (Å²) < 4.78 is 27.2. The Balaban J connectivity index is 1.93. The molecular formula is C15H20N2O4S. The van der Waals surface area contributed by atoms with E-state index in [1.807, 2.05) is 7.05 Å². The predicted octanol–water partition coefficient (Wildman–Crippen LogP) is 1.10. The lowest BCUT2D eigenvalue weighted by atomic mass is 9.96. The Morgan fingerprint density at radius 3 is 2.68 bits per heavy atom. The summed E-state index contributed by atoms with van der Waals surface area (Å²) in [6.07, 6.45) is 2.07. The van der Waals surface area contributed by atoms with Crippen LogP contribution in [0.3, 0.4) is 0 Å². The van der Waals surface area contributed by atoms with Crippen molar-refractivity contribution < 1.29 is 18.3 Å². The molecule has 3 fully saturated rings. The molecule has 1 N–H and O–H groups in total. The first-order valence-corrected chi connectivity index (χ1v) is 8.85. The molecule has 120 valence electrons. The van der Waals surface area contributed by atoms with Crippen LogP contribution in [0.2, 0.25) is 0 Å². The Kier molecular flexibility index (Phi) is 3.96. The molecule has 7 heteroatoms. The van der Waals surface area contributed by atoms with E-state index in [9.17, 15) is 13.2 Å². The molecule has 0 aliphatic carbocycles. The van der Waals surface area contributed by atoms with Gasteiger partial charge in [0.1, 0.15) is 0 Å². The molecule has 4 rings (SSSR count). The van der Waals surface area contributed by atoms with Crippen molar-refractivity contribution in [3.8, 4) is 0 Å². The third-order valence-corrected chi connectivity index (χ3v) is 6.50. The summed E-state index contributed by atoms with van der Waals surface area (Å²) in [7, 11) is -1.61. The first kappa shape index (κ1) is 15.5. The van der Waals surface area contributed by atoms with Crippen molar-refractivity contribution in [3.63, 3.8) is 0 Å². The second-order valence-corrected chi connectivity index (χ2v) is 8.13. The van der Waals surface area contributed by atoms with Gasteiger partial charge in [0.2, 0.25) is 10.0 Å². The minimum Gasteiger partial charge on any atom is -0.478 e. The molecule has 3 saturated heterocycles. The number of sulfonamides is 1. The molecule has 0 saturated carbocycles. The monoisotopic (exact) mass is 324 g/mol. The van der Waals surface area contributed by atoms with Crippen molar-refractivity contribution >= 4 is 16.0 Å². The number of likely N-dealkylation sites (N-methyl/N-ethyl adjacent to an activating group) is 1. The van der Waals surface area contributed by atoms with Gasteiger partial charge in [0.25, 0.3) is 0 Å². The van der Waals surface area contributed by atoms with Crippen molar-refractivity contribution in [2.45, 2.75) is 23.8 Å². The number of rotatable bonds is 3. The number of carboxylic acids is 1. The van der Waals surface area contributed by atoms with Gasteiger partial charge in [-0.2, -0.15) is 4.31 Å². The van der Waals surface area contributed by atoms with Crippen molar-refractivity contribution in [2.24, 2.45) is 5.92 Å². The number of benzene rings is 1. The lowest BCUT2D eigenvalue weighted by Gasteiger charge is -2.32. The fourth-order valence-electron chi connectivity index (χ4n) is 3.41. The first-order chi connectivity index (χ1) is 10.4. The van der Waals surface area contributed by atoms with Gasteiger partial charge >= 0.3 is 5.97 Å². The summed E-state index contributed by atoms with van der Waals surface area (Å²) in [6.45, 7) is 1.92. The molecule has 0 amide bonds. The molecule has 2 bridgehead atoms. The minimum atomic E-state index is -3.65. The van der Waals surface area contributed by atoms with Crippen molar-refractivity contribution in [2.75, 3.05) is 26.7 Å². The Morgan fingerprint density at radius 2 is 2.00 bits per heavy atom. The number of fused-ring (bicyclic) bond motifs is 4. The van der Waals surface area contributed by atoms with Crippen LogP contribution in [-0.4, -0.2) is 61.4 Å². The third-order valence-electron chi connectivity index (χ3n) is 4.67. The van der Waals surface area contributed by atoms with Crippen molar-refractivity contribution in [1.82, 2.24) is 9.21 Å². The van der Waals surface area contributed by atoms with Crippen LogP contribution in [0, 0.1) is 5.92 Å². The molecule has 2 atom stereocenters. The molecule has 3 aliphatic heterocycles. The molecule has 3 aliphatic rings. The van der Waals surface area contributed by atoms with E-state index in [-0.39, 0.29) is 16.5 Å². The van der Waals surface area contributed by atoms with Gasteiger partial charge in [-0.25, -0.2) is 13.2 Å². The molecule has 1 aromatic carbocycles. The lowest BCUT2D eigenvalue weighted by molar-refractivity contribution is 0.0696. The van der Waals surface area contributed by atoms with Crippen LogP contribution in [-0.2, 0) is 10.0 Å². The van der Waals surface area contributed by atoms with E-state index in [1.54, 1.807) is 0 Å². The highest BCUT2D eigenvalue weighted by Gasteiger charge is 2.38. The highest BCUT2D eigenvalue weighted by molar-refractivity contribution is 7.89. The van der Waals surface area contributed by atoms with Crippen molar-refractivity contribution in [1.29, 1.82) is 0 Å². The van der Waals surface area contributed by atoms with Crippen LogP contribution >= 0.6 is 0 Å². The average Bonchev–Trinajstić information content (AvgIpc) is 2.79. The molecular weight excluding hydrogens is 304 g/mol. The lowest BCUT2D eigenvalue weighted by Crippen LogP contribution is -2.41. The molecule has 22 heavy (non-hydrogen) atoms. The van der Waals surface area contributed by atoms with Crippen LogP contribution in [0.5, 0.6) is 0 Å². The Bertz CT molecular complexity index is 689. The number of aromatic carboxylic acids is 1. The maximum absolute atomic E-state index is 12.9. The van der Waals surface area contributed by atoms with E-state index in [1.165, 1.54) is 28.6 Å². The largest absolute Gasteiger partial charge is 0.478 e. The van der Waals surface area contributed by atoms with E-state index in [0.29, 0.717) is 19.0 Å². The summed E-state index contributed by atoms with van der Waals surface area (Å²) in [5.74, 6) is -0.770. The summed E-state index contributed by atoms with van der Waals surface area (Å²) >= 11 is 0. The van der Waals surface area contributed by atoms with E-state index < -0.39 is 16.0 Å². The van der Waals surface area contributed by atoms with Crippen LogP contribution in [0.1, 0.15) is 23.2 Å². The topological polar surface area (TPSA) is 77.9 Å². The zero-order chi connectivity index (χ0) is 15.9. The van der Waals surface area contributed by atoms with E-state index in [2.05, 4.69) is 4.90 Å². The minimum absolute atomic E-state index is 0.00372. The van der Waals surface area contributed by atoms with Crippen LogP contribution < -0.4 is 0 Å². The van der Waals surface area contributed by atoms with Gasteiger partial charge in [-0.15, -0.1) is 0 Å². The van der Waals surface area contributed by atoms with Gasteiger partial charge < -0.3 is 10.0 Å². The Labute approximate surface area is 130 Å². The highest BCUT2D eigenvalue weighted by Crippen LogP contribution is 2.30. The number of carbonyl (C=O) groups is 1. The number of hydrogen-bond acceptors (Lipinski definition) is 4. The fourth-order valence-corrected chi connectivity index (χ4v) is 5.01. The summed E-state index contributed by atoms with van der Waals surface area (Å²) in [4.78, 5) is 13.4. The third kappa shape index (κ3) is 2.76. The summed E-state index contributed by atoms with van der Waals surface area (Å²) in [5, 5.41) is 9.04. The zero-order valence-electron chi connectivity index (χ0n) is 12.5. The normalized spacial score (nSPS) is 26.8. The van der Waals surface area contributed by atoms with E-state index in [4.69, 9.17) is 5.11 Å². The fraction of sp³-hybridized carbons (Fsp3) is 0.533. The van der Waals surface area contributed by atoms with E-state index in [0.717, 1.165) is 19.4 Å². The Hall–Kier alpha value is -1.44. The van der Waals surface area contributed by atoms with Crippen LogP contribution in [0.15, 0.2) is 29.2 Å². The van der Waals surface area contributed by atoms with Crippen LogP contribution in [0.4, 0.5) is 0 Å². The van der Waals surface area contributed by atoms with Gasteiger partial charge in [0.05, 0.1) is 10.5 Å². The molecule has 3 heterocycles. The molecule has 6 nitrogen and oxygen atoms in total. The van der Waals surface area contributed by atoms with Gasteiger partial charge in [-0.1, -0.05) is 6.07 Å². The van der Waals surface area contributed by atoms with Gasteiger partial charge in [-0.05, 0) is 44.0 Å². The number of carboxylic acid groups (broad SMARTS) is 1. The zero-order valence-corrected chi connectivity index (χ0v) is 13.3. The molecule has 0 unspecified atom stereocenters. The number of hydrogen-bond donors (Lipinski definition) is 1. The first-order valence-electron chi connectivity index (χ1n) is 7.41. The standard InChI is InChI=1S/C15H20N2O4S/c1-16-8-11-5-6-13(16)10-17(9-11)22(20,21)14-4-2-3-12(7-14)15(18)19/h2-4,7,11,13H,5-6,8-10H2,1H3,(H,18,19)/t11-,13-/m1/s1. The molecule has 1 aromatic rings. The highest BCUT2D eigenvalue weighted by atomic mass is 32.2. The SMILES string of the molecule is CN1C[C@H]2CC[C@@H]1CN(S(=O)(=O)c1cccc(C(=O)O)c1)C2. The molecule has 0 spiro atoms. The molecule has 0 radical (unpaired) electrons. The van der Waals surface area contributed by atoms with E-state index >= 15 is 0 Å². The average molecular weight is 324 g/mol. The number of nitrogens with zero attached hydrogens (tertiary/aromatic N) is 2. The smallest absolute Gasteiger partial charge is 0.335 e. The van der Waals surface area contributed by atoms with Gasteiger partial charge in [0.15, 0.2) is 0 Å². The second kappa shape index (κ2) is 5.64. The van der Waals surface area contributed by atoms with Crippen molar-refractivity contribution in [3.05, 3.63) is 29.8 Å². The molecule has 0 aromatic heterocycles. The maximum atomic E-state index is 12.9. The quantitative estimate of drug-likeness (QED) is 0.901. The summed E-state index contributed by atoms with van der Waals surface area (Å²) in [5.41, 5.74) is -0.00372. The maximum Gasteiger partial charge on any atom is 0.335 e. The van der Waals surface area contributed by atoms with Gasteiger partial charge in [-0.3, -0.25) is 0 Å².